The first-order valence-electron chi connectivity index (χ1n) is 16.7. The molecule has 7 nitrogen and oxygen atoms in total. The van der Waals surface area contributed by atoms with Gasteiger partial charge in [-0.3, -0.25) is 4.90 Å². The molecule has 2 aliphatic heterocycles. The highest BCUT2D eigenvalue weighted by Gasteiger charge is 2.25. The molecule has 0 unspecified atom stereocenters. The first-order chi connectivity index (χ1) is 22.2. The minimum absolute atomic E-state index is 0.579. The Morgan fingerprint density at radius 3 is 2.31 bits per heavy atom. The smallest absolute Gasteiger partial charge is 0.161 e. The van der Waals surface area contributed by atoms with E-state index in [4.69, 9.17) is 24.4 Å². The van der Waals surface area contributed by atoms with Crippen LogP contribution in [0, 0.1) is 0 Å². The topological polar surface area (TPSA) is 60.0 Å². The number of fused-ring (bicyclic) bond motifs is 1. The fourth-order valence-corrected chi connectivity index (χ4v) is 6.47. The first-order valence-corrected chi connectivity index (χ1v) is 16.7. The molecule has 0 atom stereocenters. The first kappa shape index (κ1) is 30.9. The summed E-state index contributed by atoms with van der Waals surface area (Å²) in [5, 5.41) is 9.94. The van der Waals surface area contributed by atoms with Crippen LogP contribution >= 0.6 is 0 Å². The number of benzene rings is 3. The van der Waals surface area contributed by atoms with Crippen molar-refractivity contribution in [2.75, 3.05) is 37.8 Å². The van der Waals surface area contributed by atoms with Gasteiger partial charge in [0.15, 0.2) is 17.3 Å². The van der Waals surface area contributed by atoms with E-state index in [9.17, 15) is 0 Å². The third kappa shape index (κ3) is 7.77. The van der Waals surface area contributed by atoms with Gasteiger partial charge in [-0.1, -0.05) is 61.9 Å². The maximum Gasteiger partial charge on any atom is 0.161 e. The molecule has 1 saturated heterocycles. The molecule has 3 aromatic carbocycles. The van der Waals surface area contributed by atoms with E-state index in [0.717, 1.165) is 86.3 Å². The Labute approximate surface area is 268 Å². The fourth-order valence-electron chi connectivity index (χ4n) is 6.47. The molecule has 0 saturated carbocycles. The minimum Gasteiger partial charge on any atom is -0.494 e. The van der Waals surface area contributed by atoms with Crippen LogP contribution in [0.15, 0.2) is 72.8 Å². The largest absolute Gasteiger partial charge is 0.494 e. The van der Waals surface area contributed by atoms with Crippen LogP contribution < -0.4 is 19.1 Å². The lowest BCUT2D eigenvalue weighted by molar-refractivity contribution is 0.171. The summed E-state index contributed by atoms with van der Waals surface area (Å²) in [5.74, 6) is 3.60. The zero-order valence-corrected chi connectivity index (χ0v) is 26.8. The van der Waals surface area contributed by atoms with Crippen molar-refractivity contribution in [2.45, 2.75) is 72.0 Å². The molecule has 0 spiro atoms. The van der Waals surface area contributed by atoms with Crippen LogP contribution in [0.4, 0.5) is 5.82 Å². The SMILES string of the molecule is CCCCc1c(-c2ccccc2)nnc(N2CCCCC2)c1CN(Cc1cccc(OCC)c1)Cc1ccc2c(c1)OCCO2. The van der Waals surface area contributed by atoms with Crippen molar-refractivity contribution in [1.29, 1.82) is 0 Å². The van der Waals surface area contributed by atoms with Crippen molar-refractivity contribution < 1.29 is 14.2 Å². The molecule has 1 fully saturated rings. The monoisotopic (exact) mass is 606 g/mol. The molecular formula is C38H46N4O3. The zero-order chi connectivity index (χ0) is 30.8. The molecule has 0 amide bonds. The Morgan fingerprint density at radius 2 is 1.53 bits per heavy atom. The maximum absolute atomic E-state index is 5.97. The van der Waals surface area contributed by atoms with Crippen molar-refractivity contribution in [3.63, 3.8) is 0 Å². The van der Waals surface area contributed by atoms with Crippen molar-refractivity contribution in [3.8, 4) is 28.5 Å². The number of anilines is 1. The fraction of sp³-hybridized carbons (Fsp3) is 0.421. The summed E-state index contributed by atoms with van der Waals surface area (Å²) >= 11 is 0. The molecule has 7 heteroatoms. The van der Waals surface area contributed by atoms with Gasteiger partial charge >= 0.3 is 0 Å². The van der Waals surface area contributed by atoms with Crippen LogP contribution in [0.5, 0.6) is 17.2 Å². The van der Waals surface area contributed by atoms with Crippen LogP contribution in [0.3, 0.4) is 0 Å². The second kappa shape index (κ2) is 15.3. The quantitative estimate of drug-likeness (QED) is 0.154. The standard InChI is InChI=1S/C38H46N4O3/c1-3-5-17-33-34(38(42-20-10-7-11-21-42)40-39-37(33)31-14-8-6-9-15-31)28-41(26-29-13-12-16-32(24-29)43-4-2)27-30-18-19-35-36(25-30)45-23-22-44-35/h6,8-9,12-16,18-19,24-25H,3-5,7,10-11,17,20-23,26-28H2,1-2H3. The van der Waals surface area contributed by atoms with Crippen LogP contribution in [-0.2, 0) is 26.1 Å². The normalized spacial score (nSPS) is 14.5. The average Bonchev–Trinajstić information content (AvgIpc) is 3.08. The van der Waals surface area contributed by atoms with Gasteiger partial charge in [-0.05, 0) is 80.0 Å². The second-order valence-electron chi connectivity index (χ2n) is 12.1. The number of piperidine rings is 1. The number of rotatable bonds is 13. The molecule has 4 aromatic rings. The van der Waals surface area contributed by atoms with E-state index in [2.05, 4.69) is 77.4 Å². The molecule has 0 aliphatic carbocycles. The number of unbranched alkanes of at least 4 members (excludes halogenated alkanes) is 1. The molecule has 0 bridgehead atoms. The lowest BCUT2D eigenvalue weighted by Gasteiger charge is -2.32. The lowest BCUT2D eigenvalue weighted by atomic mass is 9.95. The number of hydrogen-bond acceptors (Lipinski definition) is 7. The van der Waals surface area contributed by atoms with E-state index in [0.29, 0.717) is 19.8 Å². The van der Waals surface area contributed by atoms with E-state index in [1.54, 1.807) is 0 Å². The Kier molecular flexibility index (Phi) is 10.5. The summed E-state index contributed by atoms with van der Waals surface area (Å²) in [5.41, 5.74) is 7.19. The third-order valence-corrected chi connectivity index (χ3v) is 8.66. The summed E-state index contributed by atoms with van der Waals surface area (Å²) in [6, 6.07) is 25.4. The molecule has 2 aliphatic rings. The minimum atomic E-state index is 0.579. The molecule has 1 aromatic heterocycles. The summed E-state index contributed by atoms with van der Waals surface area (Å²) in [6.45, 7) is 10.4. The van der Waals surface area contributed by atoms with Crippen LogP contribution in [0.1, 0.15) is 68.2 Å². The Bertz CT molecular complexity index is 1540. The van der Waals surface area contributed by atoms with E-state index < -0.39 is 0 Å². The van der Waals surface area contributed by atoms with Gasteiger partial charge in [-0.25, -0.2) is 0 Å². The predicted octanol–water partition coefficient (Wildman–Crippen LogP) is 7.85. The third-order valence-electron chi connectivity index (χ3n) is 8.66. The Hall–Kier alpha value is -4.10. The van der Waals surface area contributed by atoms with E-state index in [-0.39, 0.29) is 0 Å². The second-order valence-corrected chi connectivity index (χ2v) is 12.1. The van der Waals surface area contributed by atoms with E-state index >= 15 is 0 Å². The molecule has 3 heterocycles. The van der Waals surface area contributed by atoms with Crippen molar-refractivity contribution in [1.82, 2.24) is 15.1 Å². The highest BCUT2D eigenvalue weighted by Crippen LogP contribution is 2.35. The zero-order valence-electron chi connectivity index (χ0n) is 26.8. The molecule has 45 heavy (non-hydrogen) atoms. The number of ether oxygens (including phenoxy) is 3. The summed E-state index contributed by atoms with van der Waals surface area (Å²) < 4.78 is 17.7. The highest BCUT2D eigenvalue weighted by atomic mass is 16.6. The molecule has 0 radical (unpaired) electrons. The molecular weight excluding hydrogens is 560 g/mol. The number of hydrogen-bond donors (Lipinski definition) is 0. The Balaban J connectivity index is 1.42. The summed E-state index contributed by atoms with van der Waals surface area (Å²) in [6.07, 6.45) is 6.87. The predicted molar refractivity (Wildman–Crippen MR) is 180 cm³/mol. The van der Waals surface area contributed by atoms with Gasteiger partial charge in [0.2, 0.25) is 0 Å². The van der Waals surface area contributed by atoms with Crippen molar-refractivity contribution in [3.05, 3.63) is 95.1 Å². The van der Waals surface area contributed by atoms with Gasteiger partial charge in [0.25, 0.3) is 0 Å². The molecule has 6 rings (SSSR count). The van der Waals surface area contributed by atoms with E-state index in [1.807, 2.05) is 19.1 Å². The van der Waals surface area contributed by atoms with Crippen molar-refractivity contribution >= 4 is 5.82 Å². The number of nitrogens with zero attached hydrogens (tertiary/aromatic N) is 4. The van der Waals surface area contributed by atoms with E-state index in [1.165, 1.54) is 41.5 Å². The van der Waals surface area contributed by atoms with Gasteiger partial charge in [0, 0.05) is 43.9 Å². The molecule has 236 valence electrons. The lowest BCUT2D eigenvalue weighted by Crippen LogP contribution is -2.33. The van der Waals surface area contributed by atoms with Crippen LogP contribution in [-0.4, -0.2) is 48.0 Å². The van der Waals surface area contributed by atoms with Gasteiger partial charge in [0.1, 0.15) is 19.0 Å². The number of aromatic nitrogens is 2. The van der Waals surface area contributed by atoms with Gasteiger partial charge in [-0.15, -0.1) is 10.2 Å². The van der Waals surface area contributed by atoms with Crippen LogP contribution in [0.25, 0.3) is 11.3 Å². The van der Waals surface area contributed by atoms with Crippen molar-refractivity contribution in [2.24, 2.45) is 0 Å². The van der Waals surface area contributed by atoms with Gasteiger partial charge in [-0.2, -0.15) is 0 Å². The summed E-state index contributed by atoms with van der Waals surface area (Å²) in [4.78, 5) is 5.01. The maximum atomic E-state index is 5.97. The highest BCUT2D eigenvalue weighted by molar-refractivity contribution is 5.67. The Morgan fingerprint density at radius 1 is 0.756 bits per heavy atom. The van der Waals surface area contributed by atoms with Gasteiger partial charge in [0.05, 0.1) is 12.3 Å². The average molecular weight is 607 g/mol. The van der Waals surface area contributed by atoms with Crippen LogP contribution in [0.2, 0.25) is 0 Å². The van der Waals surface area contributed by atoms with Gasteiger partial charge < -0.3 is 19.1 Å². The molecule has 0 N–H and O–H groups in total. The summed E-state index contributed by atoms with van der Waals surface area (Å²) in [7, 11) is 0.